The van der Waals surface area contributed by atoms with Gasteiger partial charge in [0.25, 0.3) is 5.91 Å². The fraction of sp³-hybridized carbons (Fsp3) is 0.250. The molecule has 1 aromatic heterocycles. The minimum atomic E-state index is -0.822. The highest BCUT2D eigenvalue weighted by molar-refractivity contribution is 7.99. The third-order valence-corrected chi connectivity index (χ3v) is 3.61. The smallest absolute Gasteiger partial charge is 0.316 e. The van der Waals surface area contributed by atoms with E-state index in [0.717, 1.165) is 35.3 Å². The number of rotatable bonds is 6. The molecule has 0 aliphatic heterocycles. The summed E-state index contributed by atoms with van der Waals surface area (Å²) >= 11 is 1.09. The summed E-state index contributed by atoms with van der Waals surface area (Å²) in [7, 11) is 0. The SMILES string of the molecule is Cc1cc(C)nc(SCC(=O)OCC(=O)Nc2cc(F)cc(F)c2)n1. The van der Waals surface area contributed by atoms with Gasteiger partial charge < -0.3 is 10.1 Å². The van der Waals surface area contributed by atoms with Crippen molar-refractivity contribution in [3.05, 3.63) is 47.3 Å². The van der Waals surface area contributed by atoms with Crippen molar-refractivity contribution in [1.82, 2.24) is 9.97 Å². The van der Waals surface area contributed by atoms with Crippen LogP contribution in [0, 0.1) is 25.5 Å². The summed E-state index contributed by atoms with van der Waals surface area (Å²) in [6, 6.07) is 4.40. The van der Waals surface area contributed by atoms with E-state index in [0.29, 0.717) is 11.2 Å². The summed E-state index contributed by atoms with van der Waals surface area (Å²) in [5.41, 5.74) is 1.51. The predicted molar refractivity (Wildman–Crippen MR) is 88.2 cm³/mol. The molecule has 2 rings (SSSR count). The normalized spacial score (nSPS) is 10.4. The molecule has 0 saturated carbocycles. The first-order valence-electron chi connectivity index (χ1n) is 7.18. The minimum Gasteiger partial charge on any atom is -0.455 e. The second-order valence-corrected chi connectivity index (χ2v) is 6.03. The van der Waals surface area contributed by atoms with E-state index in [9.17, 15) is 18.4 Å². The van der Waals surface area contributed by atoms with Gasteiger partial charge >= 0.3 is 5.97 Å². The van der Waals surface area contributed by atoms with Gasteiger partial charge in [-0.3, -0.25) is 9.59 Å². The van der Waals surface area contributed by atoms with Gasteiger partial charge in [-0.1, -0.05) is 11.8 Å². The van der Waals surface area contributed by atoms with Gasteiger partial charge in [0, 0.05) is 23.1 Å². The number of benzene rings is 1. The van der Waals surface area contributed by atoms with Crippen LogP contribution in [0.2, 0.25) is 0 Å². The number of halogens is 2. The Labute approximate surface area is 147 Å². The van der Waals surface area contributed by atoms with Crippen molar-refractivity contribution in [3.8, 4) is 0 Å². The number of aryl methyl sites for hydroxylation is 2. The lowest BCUT2D eigenvalue weighted by molar-refractivity contribution is -0.144. The number of esters is 1. The van der Waals surface area contributed by atoms with Crippen LogP contribution in [0.25, 0.3) is 0 Å². The Hall–Kier alpha value is -2.55. The molecule has 1 amide bonds. The zero-order chi connectivity index (χ0) is 18.4. The lowest BCUT2D eigenvalue weighted by Crippen LogP contribution is -2.21. The number of thioether (sulfide) groups is 1. The van der Waals surface area contributed by atoms with Crippen molar-refractivity contribution in [2.45, 2.75) is 19.0 Å². The maximum atomic E-state index is 13.0. The molecular formula is C16H15F2N3O3S. The molecule has 0 aliphatic rings. The van der Waals surface area contributed by atoms with E-state index in [1.165, 1.54) is 0 Å². The van der Waals surface area contributed by atoms with Crippen molar-refractivity contribution >= 4 is 29.3 Å². The molecule has 25 heavy (non-hydrogen) atoms. The number of amides is 1. The Morgan fingerprint density at radius 2 is 1.68 bits per heavy atom. The Morgan fingerprint density at radius 3 is 2.28 bits per heavy atom. The molecule has 0 fully saturated rings. The maximum absolute atomic E-state index is 13.0. The number of ether oxygens (including phenoxy) is 1. The monoisotopic (exact) mass is 367 g/mol. The molecule has 1 heterocycles. The maximum Gasteiger partial charge on any atom is 0.316 e. The van der Waals surface area contributed by atoms with E-state index < -0.39 is 30.1 Å². The standard InChI is InChI=1S/C16H15F2N3O3S/c1-9-3-10(2)20-16(19-9)25-8-15(23)24-7-14(22)21-13-5-11(17)4-12(18)6-13/h3-6H,7-8H2,1-2H3,(H,21,22). The zero-order valence-corrected chi connectivity index (χ0v) is 14.3. The zero-order valence-electron chi connectivity index (χ0n) is 13.5. The van der Waals surface area contributed by atoms with Gasteiger partial charge in [0.1, 0.15) is 11.6 Å². The highest BCUT2D eigenvalue weighted by Gasteiger charge is 2.11. The molecule has 0 aliphatic carbocycles. The molecular weight excluding hydrogens is 352 g/mol. The lowest BCUT2D eigenvalue weighted by Gasteiger charge is -2.07. The number of hydrogen-bond acceptors (Lipinski definition) is 6. The van der Waals surface area contributed by atoms with Gasteiger partial charge in [-0.15, -0.1) is 0 Å². The summed E-state index contributed by atoms with van der Waals surface area (Å²) in [5, 5.41) is 2.68. The van der Waals surface area contributed by atoms with E-state index in [2.05, 4.69) is 15.3 Å². The van der Waals surface area contributed by atoms with Crippen molar-refractivity contribution in [2.24, 2.45) is 0 Å². The third-order valence-electron chi connectivity index (χ3n) is 2.79. The fourth-order valence-electron chi connectivity index (χ4n) is 1.89. The molecule has 0 radical (unpaired) electrons. The van der Waals surface area contributed by atoms with Crippen molar-refractivity contribution < 1.29 is 23.1 Å². The molecule has 0 spiro atoms. The van der Waals surface area contributed by atoms with Crippen LogP contribution in [-0.4, -0.2) is 34.2 Å². The Bertz CT molecular complexity index is 762. The average molecular weight is 367 g/mol. The van der Waals surface area contributed by atoms with E-state index >= 15 is 0 Å². The van der Waals surface area contributed by atoms with Gasteiger partial charge in [-0.05, 0) is 32.0 Å². The predicted octanol–water partition coefficient (Wildman–Crippen LogP) is 2.65. The Morgan fingerprint density at radius 1 is 1.08 bits per heavy atom. The number of nitrogens with zero attached hydrogens (tertiary/aromatic N) is 2. The van der Waals surface area contributed by atoms with Gasteiger partial charge in [-0.2, -0.15) is 0 Å². The number of aromatic nitrogens is 2. The van der Waals surface area contributed by atoms with Crippen molar-refractivity contribution in [2.75, 3.05) is 17.7 Å². The number of carbonyl (C=O) groups excluding carboxylic acids is 2. The Kier molecular flexibility index (Phi) is 6.40. The first-order chi connectivity index (χ1) is 11.8. The van der Waals surface area contributed by atoms with Gasteiger partial charge in [-0.25, -0.2) is 18.7 Å². The van der Waals surface area contributed by atoms with E-state index in [-0.39, 0.29) is 11.4 Å². The molecule has 0 unspecified atom stereocenters. The van der Waals surface area contributed by atoms with Crippen LogP contribution in [0.3, 0.4) is 0 Å². The molecule has 0 bridgehead atoms. The van der Waals surface area contributed by atoms with Crippen LogP contribution in [0.4, 0.5) is 14.5 Å². The number of hydrogen-bond donors (Lipinski definition) is 1. The van der Waals surface area contributed by atoms with E-state index in [4.69, 9.17) is 4.74 Å². The van der Waals surface area contributed by atoms with Crippen LogP contribution in [-0.2, 0) is 14.3 Å². The quantitative estimate of drug-likeness (QED) is 0.480. The van der Waals surface area contributed by atoms with E-state index in [1.54, 1.807) is 0 Å². The Balaban J connectivity index is 1.78. The average Bonchev–Trinajstić information content (AvgIpc) is 2.49. The highest BCUT2D eigenvalue weighted by Crippen LogP contribution is 2.15. The molecule has 0 atom stereocenters. The van der Waals surface area contributed by atoms with Crippen LogP contribution in [0.5, 0.6) is 0 Å². The van der Waals surface area contributed by atoms with Crippen LogP contribution in [0.15, 0.2) is 29.4 Å². The first-order valence-corrected chi connectivity index (χ1v) is 8.17. The minimum absolute atomic E-state index is 0.0587. The number of carbonyl (C=O) groups is 2. The molecule has 0 saturated heterocycles. The fourth-order valence-corrected chi connectivity index (χ4v) is 2.64. The van der Waals surface area contributed by atoms with Gasteiger partial charge in [0.15, 0.2) is 11.8 Å². The highest BCUT2D eigenvalue weighted by atomic mass is 32.2. The summed E-state index contributed by atoms with van der Waals surface area (Å²) in [6.45, 7) is 3.07. The topological polar surface area (TPSA) is 81.2 Å². The first kappa shape index (κ1) is 18.8. The largest absolute Gasteiger partial charge is 0.455 e. The molecule has 9 heteroatoms. The molecule has 1 N–H and O–H groups in total. The molecule has 6 nitrogen and oxygen atoms in total. The van der Waals surface area contributed by atoms with Gasteiger partial charge in [0.05, 0.1) is 5.75 Å². The number of nitrogens with one attached hydrogen (secondary N) is 1. The third kappa shape index (κ3) is 6.46. The second kappa shape index (κ2) is 8.52. The van der Waals surface area contributed by atoms with Crippen molar-refractivity contribution in [3.63, 3.8) is 0 Å². The molecule has 132 valence electrons. The van der Waals surface area contributed by atoms with Gasteiger partial charge in [0.2, 0.25) is 0 Å². The van der Waals surface area contributed by atoms with Crippen LogP contribution < -0.4 is 5.32 Å². The molecule has 1 aromatic carbocycles. The van der Waals surface area contributed by atoms with E-state index in [1.807, 2.05) is 19.9 Å². The van der Waals surface area contributed by atoms with Crippen molar-refractivity contribution in [1.29, 1.82) is 0 Å². The second-order valence-electron chi connectivity index (χ2n) is 5.09. The summed E-state index contributed by atoms with van der Waals surface area (Å²) in [6.07, 6.45) is 0. The molecule has 2 aromatic rings. The number of anilines is 1. The van der Waals surface area contributed by atoms with Crippen LogP contribution >= 0.6 is 11.8 Å². The summed E-state index contributed by atoms with van der Waals surface area (Å²) in [5.74, 6) is -3.04. The summed E-state index contributed by atoms with van der Waals surface area (Å²) in [4.78, 5) is 31.6. The summed E-state index contributed by atoms with van der Waals surface area (Å²) < 4.78 is 30.8. The van der Waals surface area contributed by atoms with Crippen LogP contribution in [0.1, 0.15) is 11.4 Å². The lowest BCUT2D eigenvalue weighted by atomic mass is 10.3.